The summed E-state index contributed by atoms with van der Waals surface area (Å²) in [4.78, 5) is 27.7. The van der Waals surface area contributed by atoms with Gasteiger partial charge in [0.2, 0.25) is 5.79 Å². The Labute approximate surface area is 298 Å². The van der Waals surface area contributed by atoms with E-state index < -0.39 is 69.4 Å². The van der Waals surface area contributed by atoms with Gasteiger partial charge in [0.1, 0.15) is 24.6 Å². The Morgan fingerprint density at radius 3 is 1.29 bits per heavy atom. The smallest absolute Gasteiger partial charge is 0.336 e. The third kappa shape index (κ3) is 10.4. The molecule has 1 aliphatic rings. The van der Waals surface area contributed by atoms with Crippen molar-refractivity contribution in [2.45, 2.75) is 193 Å². The van der Waals surface area contributed by atoms with E-state index in [0.717, 1.165) is 6.29 Å². The first-order valence-electron chi connectivity index (χ1n) is 17.8. The zero-order valence-electron chi connectivity index (χ0n) is 34.7. The predicted octanol–water partition coefficient (Wildman–Crippen LogP) is 9.05. The van der Waals surface area contributed by atoms with Crippen molar-refractivity contribution in [3.63, 3.8) is 0 Å². The SMILES string of the molecule is CCOC(=O)[C@@H](O[Si](C)(C)C(C)(C)C)[C@H](O[Si](C)(C)C(C)(C)C)C1([C@@H](O[Si](C)(C)C(C)(C)C)[C@@H](C=O)O[Si](C)(C)C(C)(C)C)OCCO1. The molecule has 1 rings (SSSR count). The summed E-state index contributed by atoms with van der Waals surface area (Å²) in [5.41, 5.74) is 0. The van der Waals surface area contributed by atoms with E-state index in [1.807, 2.05) is 0 Å². The molecule has 0 unspecified atom stereocenters. The predicted molar refractivity (Wildman–Crippen MR) is 206 cm³/mol. The van der Waals surface area contributed by atoms with Crippen molar-refractivity contribution < 1.29 is 41.5 Å². The minimum absolute atomic E-state index is 0.160. The molecule has 0 bridgehead atoms. The van der Waals surface area contributed by atoms with Gasteiger partial charge in [-0.3, -0.25) is 0 Å². The van der Waals surface area contributed by atoms with E-state index in [2.05, 4.69) is 135 Å². The Kier molecular flexibility index (Phi) is 14.7. The van der Waals surface area contributed by atoms with Crippen LogP contribution in [0.25, 0.3) is 0 Å². The molecule has 48 heavy (non-hydrogen) atoms. The molecule has 0 aromatic heterocycles. The number of ether oxygens (including phenoxy) is 3. The van der Waals surface area contributed by atoms with Gasteiger partial charge in [0.15, 0.2) is 39.4 Å². The van der Waals surface area contributed by atoms with Crippen molar-refractivity contribution in [3.05, 3.63) is 0 Å². The van der Waals surface area contributed by atoms with Crippen molar-refractivity contribution in [1.82, 2.24) is 0 Å². The van der Waals surface area contributed by atoms with Crippen LogP contribution in [-0.4, -0.2) is 95.5 Å². The molecule has 0 radical (unpaired) electrons. The molecule has 9 nitrogen and oxygen atoms in total. The molecule has 1 heterocycles. The first-order valence-corrected chi connectivity index (χ1v) is 29.4. The van der Waals surface area contributed by atoms with E-state index in [1.165, 1.54) is 0 Å². The van der Waals surface area contributed by atoms with Crippen LogP contribution in [0.1, 0.15) is 90.0 Å². The van der Waals surface area contributed by atoms with Crippen molar-refractivity contribution in [2.24, 2.45) is 0 Å². The van der Waals surface area contributed by atoms with Crippen molar-refractivity contribution in [2.75, 3.05) is 19.8 Å². The second kappa shape index (κ2) is 15.4. The highest BCUT2D eigenvalue weighted by atomic mass is 28.4. The number of rotatable bonds is 15. The lowest BCUT2D eigenvalue weighted by molar-refractivity contribution is -0.286. The van der Waals surface area contributed by atoms with Gasteiger partial charge >= 0.3 is 5.97 Å². The first-order chi connectivity index (χ1) is 21.1. The van der Waals surface area contributed by atoms with E-state index in [-0.39, 0.29) is 40.0 Å². The Bertz CT molecular complexity index is 1070. The molecule has 0 aromatic carbocycles. The maximum Gasteiger partial charge on any atom is 0.336 e. The third-order valence-electron chi connectivity index (χ3n) is 11.7. The molecule has 1 aliphatic heterocycles. The van der Waals surface area contributed by atoms with Gasteiger partial charge in [-0.05, 0) is 79.5 Å². The molecule has 0 amide bonds. The quantitative estimate of drug-likeness (QED) is 0.0923. The molecule has 4 atom stereocenters. The Hall–Kier alpha value is -0.232. The van der Waals surface area contributed by atoms with Crippen LogP contribution in [0, 0.1) is 0 Å². The van der Waals surface area contributed by atoms with Crippen LogP contribution in [0.5, 0.6) is 0 Å². The second-order valence-electron chi connectivity index (χ2n) is 19.5. The number of carbonyl (C=O) groups is 2. The van der Waals surface area contributed by atoms with E-state index in [1.54, 1.807) is 6.92 Å². The van der Waals surface area contributed by atoms with E-state index >= 15 is 0 Å². The average molecular weight is 751 g/mol. The Morgan fingerprint density at radius 2 is 0.958 bits per heavy atom. The maximum atomic E-state index is 14.3. The fraction of sp³-hybridized carbons (Fsp3) is 0.943. The van der Waals surface area contributed by atoms with E-state index in [9.17, 15) is 9.59 Å². The summed E-state index contributed by atoms with van der Waals surface area (Å²) in [5.74, 6) is -2.28. The summed E-state index contributed by atoms with van der Waals surface area (Å²) in [7, 11) is -10.5. The molecule has 1 fully saturated rings. The van der Waals surface area contributed by atoms with Crippen LogP contribution in [0.4, 0.5) is 0 Å². The van der Waals surface area contributed by atoms with Gasteiger partial charge in [-0.15, -0.1) is 0 Å². The van der Waals surface area contributed by atoms with Gasteiger partial charge in [0.25, 0.3) is 0 Å². The van der Waals surface area contributed by atoms with Crippen LogP contribution in [0.15, 0.2) is 0 Å². The van der Waals surface area contributed by atoms with Crippen molar-refractivity contribution in [1.29, 1.82) is 0 Å². The summed E-state index contributed by atoms with van der Waals surface area (Å²) < 4.78 is 47.8. The molecule has 0 saturated carbocycles. The number of aldehydes is 1. The third-order valence-corrected chi connectivity index (χ3v) is 29.5. The summed E-state index contributed by atoms with van der Waals surface area (Å²) in [6.45, 7) is 45.0. The van der Waals surface area contributed by atoms with Gasteiger partial charge in [-0.2, -0.15) is 0 Å². The summed E-state index contributed by atoms with van der Waals surface area (Å²) in [6.07, 6.45) is -3.66. The van der Waals surface area contributed by atoms with Crippen LogP contribution >= 0.6 is 0 Å². The highest BCUT2D eigenvalue weighted by Crippen LogP contribution is 2.48. The topological polar surface area (TPSA) is 98.8 Å². The fourth-order valence-electron chi connectivity index (χ4n) is 4.29. The minimum atomic E-state index is -2.70. The second-order valence-corrected chi connectivity index (χ2v) is 38.6. The van der Waals surface area contributed by atoms with Gasteiger partial charge in [-0.25, -0.2) is 4.79 Å². The summed E-state index contributed by atoms with van der Waals surface area (Å²) in [5, 5.41) is -0.921. The molecule has 13 heteroatoms. The fourth-order valence-corrected chi connectivity index (χ4v) is 9.27. The Balaban J connectivity index is 4.35. The molecular formula is C35H74O9Si4. The Morgan fingerprint density at radius 1 is 0.625 bits per heavy atom. The molecular weight excluding hydrogens is 677 g/mol. The summed E-state index contributed by atoms with van der Waals surface area (Å²) >= 11 is 0. The van der Waals surface area contributed by atoms with Crippen LogP contribution in [-0.2, 0) is 41.5 Å². The molecule has 0 aromatic rings. The number of hydrogen-bond donors (Lipinski definition) is 0. The monoisotopic (exact) mass is 750 g/mol. The molecule has 0 N–H and O–H groups in total. The van der Waals surface area contributed by atoms with Crippen LogP contribution in [0.3, 0.4) is 0 Å². The van der Waals surface area contributed by atoms with Crippen molar-refractivity contribution in [3.8, 4) is 0 Å². The van der Waals surface area contributed by atoms with Crippen LogP contribution in [0.2, 0.25) is 72.5 Å². The zero-order valence-corrected chi connectivity index (χ0v) is 38.7. The van der Waals surface area contributed by atoms with Gasteiger partial charge in [0.05, 0.1) is 19.8 Å². The number of esters is 1. The largest absolute Gasteiger partial charge is 0.464 e. The summed E-state index contributed by atoms with van der Waals surface area (Å²) in [6, 6.07) is 0. The lowest BCUT2D eigenvalue weighted by Crippen LogP contribution is -2.70. The minimum Gasteiger partial charge on any atom is -0.464 e. The number of carbonyl (C=O) groups excluding carboxylic acids is 2. The number of hydrogen-bond acceptors (Lipinski definition) is 9. The normalized spacial score (nSPS) is 19.9. The van der Waals surface area contributed by atoms with Gasteiger partial charge in [-0.1, -0.05) is 83.1 Å². The lowest BCUT2D eigenvalue weighted by atomic mass is 9.95. The molecule has 0 aliphatic carbocycles. The van der Waals surface area contributed by atoms with Crippen molar-refractivity contribution >= 4 is 45.5 Å². The molecule has 0 spiro atoms. The van der Waals surface area contributed by atoms with Gasteiger partial charge < -0.3 is 36.7 Å². The first kappa shape index (κ1) is 45.8. The van der Waals surface area contributed by atoms with E-state index in [0.29, 0.717) is 0 Å². The average Bonchev–Trinajstić information content (AvgIpc) is 3.36. The highest BCUT2D eigenvalue weighted by molar-refractivity contribution is 6.75. The highest BCUT2D eigenvalue weighted by Gasteiger charge is 2.64. The molecule has 284 valence electrons. The maximum absolute atomic E-state index is 14.3. The lowest BCUT2D eigenvalue weighted by Gasteiger charge is -2.53. The standard InChI is InChI=1S/C35H74O9Si4/c1-22-38-30(37)27(42-46(16,17)32(5,6)7)29(44-48(20,21)34(11,12)13)35(39-23-24-40-35)28(43-47(18,19)33(8,9)10)26(25-36)41-45(14,15)31(2,3)4/h25-29H,22-24H2,1-21H3/t26-,27+,28+,29+/m1/s1. The molecule has 1 saturated heterocycles. The van der Waals surface area contributed by atoms with E-state index in [4.69, 9.17) is 31.9 Å². The van der Waals surface area contributed by atoms with Gasteiger partial charge in [0, 0.05) is 0 Å². The zero-order chi connectivity index (χ0) is 38.2. The van der Waals surface area contributed by atoms with Crippen LogP contribution < -0.4 is 0 Å².